The number of aliphatic carboxylic acids is 1. The minimum absolute atomic E-state index is 0.0106. The maximum absolute atomic E-state index is 13.0. The predicted molar refractivity (Wildman–Crippen MR) is 109 cm³/mol. The molecular formula is C24H23NO4. The van der Waals surface area contributed by atoms with E-state index in [1.807, 2.05) is 37.3 Å². The number of carbonyl (C=O) groups excluding carboxylic acids is 1. The minimum Gasteiger partial charge on any atom is -0.481 e. The summed E-state index contributed by atoms with van der Waals surface area (Å²) in [5.41, 5.74) is 1.81. The Morgan fingerprint density at radius 1 is 0.897 bits per heavy atom. The fraction of sp³-hybridized carbons (Fsp3) is 0.333. The Morgan fingerprint density at radius 2 is 1.45 bits per heavy atom. The first-order valence-electron chi connectivity index (χ1n) is 10.1. The van der Waals surface area contributed by atoms with Gasteiger partial charge in [-0.1, -0.05) is 29.8 Å². The lowest BCUT2D eigenvalue weighted by atomic mass is 9.62. The van der Waals surface area contributed by atoms with Crippen LogP contribution in [0, 0.1) is 42.4 Å². The molecule has 2 N–H and O–H groups in total. The Bertz CT molecular complexity index is 979. The van der Waals surface area contributed by atoms with Crippen LogP contribution in [-0.4, -0.2) is 17.0 Å². The van der Waals surface area contributed by atoms with Gasteiger partial charge < -0.3 is 15.2 Å². The van der Waals surface area contributed by atoms with E-state index < -0.39 is 17.8 Å². The zero-order valence-electron chi connectivity index (χ0n) is 16.1. The van der Waals surface area contributed by atoms with Crippen molar-refractivity contribution in [2.75, 3.05) is 5.32 Å². The summed E-state index contributed by atoms with van der Waals surface area (Å²) in [6.45, 7) is 2.02. The third kappa shape index (κ3) is 3.20. The molecule has 0 aromatic heterocycles. The van der Waals surface area contributed by atoms with Gasteiger partial charge in [0.15, 0.2) is 0 Å². The lowest BCUT2D eigenvalue weighted by Gasteiger charge is -2.41. The number of nitrogens with one attached hydrogen (secondary N) is 1. The van der Waals surface area contributed by atoms with Crippen molar-refractivity contribution < 1.29 is 19.4 Å². The highest BCUT2D eigenvalue weighted by Gasteiger charge is 2.62. The van der Waals surface area contributed by atoms with Crippen molar-refractivity contribution in [2.24, 2.45) is 35.5 Å². The number of benzene rings is 2. The number of amides is 1. The van der Waals surface area contributed by atoms with Crippen molar-refractivity contribution >= 4 is 17.6 Å². The predicted octanol–water partition coefficient (Wildman–Crippen LogP) is 4.49. The molecule has 29 heavy (non-hydrogen) atoms. The summed E-state index contributed by atoms with van der Waals surface area (Å²) in [6.07, 6.45) is 5.14. The van der Waals surface area contributed by atoms with E-state index in [0.29, 0.717) is 23.3 Å². The molecule has 6 rings (SSSR count). The number of ether oxygens (including phenoxy) is 1. The summed E-state index contributed by atoms with van der Waals surface area (Å²) in [4.78, 5) is 24.9. The van der Waals surface area contributed by atoms with Crippen molar-refractivity contribution in [3.05, 3.63) is 66.2 Å². The van der Waals surface area contributed by atoms with Crippen molar-refractivity contribution in [2.45, 2.75) is 13.3 Å². The third-order valence-electron chi connectivity index (χ3n) is 6.62. The Morgan fingerprint density at radius 3 is 2.03 bits per heavy atom. The highest BCUT2D eigenvalue weighted by Crippen LogP contribution is 2.63. The van der Waals surface area contributed by atoms with Gasteiger partial charge in [0.05, 0.1) is 11.8 Å². The topological polar surface area (TPSA) is 75.6 Å². The Balaban J connectivity index is 1.29. The molecule has 2 bridgehead atoms. The number of hydrogen-bond acceptors (Lipinski definition) is 3. The van der Waals surface area contributed by atoms with E-state index in [2.05, 4.69) is 11.4 Å². The number of carbonyl (C=O) groups is 2. The first-order valence-corrected chi connectivity index (χ1v) is 10.1. The number of rotatable bonds is 5. The van der Waals surface area contributed by atoms with Crippen LogP contribution in [0.4, 0.5) is 5.69 Å². The number of carboxylic acids is 1. The number of aryl methyl sites for hydroxylation is 1. The van der Waals surface area contributed by atoms with Crippen molar-refractivity contribution in [1.82, 2.24) is 0 Å². The highest BCUT2D eigenvalue weighted by atomic mass is 16.5. The van der Waals surface area contributed by atoms with Crippen LogP contribution in [0.1, 0.15) is 12.0 Å². The van der Waals surface area contributed by atoms with E-state index in [9.17, 15) is 14.7 Å². The van der Waals surface area contributed by atoms with Crippen LogP contribution in [0.25, 0.3) is 0 Å². The van der Waals surface area contributed by atoms with Crippen LogP contribution in [0.5, 0.6) is 11.5 Å². The molecule has 5 nitrogen and oxygen atoms in total. The zero-order chi connectivity index (χ0) is 20.1. The lowest BCUT2D eigenvalue weighted by molar-refractivity contribution is -0.152. The number of hydrogen-bond donors (Lipinski definition) is 2. The second-order valence-corrected chi connectivity index (χ2v) is 8.42. The largest absolute Gasteiger partial charge is 0.481 e. The quantitative estimate of drug-likeness (QED) is 0.739. The second kappa shape index (κ2) is 6.76. The van der Waals surface area contributed by atoms with Gasteiger partial charge in [-0.05, 0) is 73.4 Å². The molecule has 0 spiro atoms. The van der Waals surface area contributed by atoms with Crippen LogP contribution < -0.4 is 10.1 Å². The van der Waals surface area contributed by atoms with E-state index in [4.69, 9.17) is 4.74 Å². The second-order valence-electron chi connectivity index (χ2n) is 8.42. The third-order valence-corrected chi connectivity index (χ3v) is 6.62. The van der Waals surface area contributed by atoms with Gasteiger partial charge in [-0.2, -0.15) is 0 Å². The Hall–Kier alpha value is -3.08. The zero-order valence-corrected chi connectivity index (χ0v) is 16.1. The van der Waals surface area contributed by atoms with Gasteiger partial charge in [-0.3, -0.25) is 9.59 Å². The summed E-state index contributed by atoms with van der Waals surface area (Å²) < 4.78 is 5.82. The molecule has 2 aromatic rings. The number of anilines is 1. The smallest absolute Gasteiger partial charge is 0.307 e. The first kappa shape index (κ1) is 18.0. The van der Waals surface area contributed by atoms with Crippen LogP contribution >= 0.6 is 0 Å². The van der Waals surface area contributed by atoms with Crippen LogP contribution in [0.15, 0.2) is 60.7 Å². The van der Waals surface area contributed by atoms with E-state index in [1.54, 1.807) is 24.3 Å². The molecule has 2 saturated carbocycles. The SMILES string of the molecule is Cc1ccc(Oc2ccc(NC(=O)[C@@H]3[C@H]4C=C[C@@H]([C@@H]5C[C@H]45)[C@H]3C(=O)O)cc2)cc1. The summed E-state index contributed by atoms with van der Waals surface area (Å²) >= 11 is 0. The Labute approximate surface area is 169 Å². The fourth-order valence-corrected chi connectivity index (χ4v) is 5.14. The molecule has 4 aliphatic carbocycles. The van der Waals surface area contributed by atoms with Crippen molar-refractivity contribution in [3.63, 3.8) is 0 Å². The molecule has 2 fully saturated rings. The summed E-state index contributed by atoms with van der Waals surface area (Å²) in [6, 6.07) is 15.0. The molecule has 6 atom stereocenters. The molecule has 0 saturated heterocycles. The van der Waals surface area contributed by atoms with Gasteiger partial charge in [0.1, 0.15) is 11.5 Å². The average molecular weight is 389 g/mol. The molecule has 2 aromatic carbocycles. The number of fused-ring (bicyclic) bond motifs is 1. The molecule has 5 heteroatoms. The van der Waals surface area contributed by atoms with Gasteiger partial charge in [-0.25, -0.2) is 0 Å². The van der Waals surface area contributed by atoms with Gasteiger partial charge in [0.25, 0.3) is 0 Å². The van der Waals surface area contributed by atoms with Gasteiger partial charge in [0, 0.05) is 5.69 Å². The normalized spacial score (nSPS) is 31.1. The van der Waals surface area contributed by atoms with E-state index in [-0.39, 0.29) is 17.7 Å². The maximum atomic E-state index is 13.0. The lowest BCUT2D eigenvalue weighted by Crippen LogP contribution is -2.48. The van der Waals surface area contributed by atoms with Crippen LogP contribution in [-0.2, 0) is 9.59 Å². The molecule has 0 unspecified atom stereocenters. The Kier molecular flexibility index (Phi) is 4.19. The van der Waals surface area contributed by atoms with Crippen molar-refractivity contribution in [1.29, 1.82) is 0 Å². The monoisotopic (exact) mass is 389 g/mol. The van der Waals surface area contributed by atoms with Crippen molar-refractivity contribution in [3.8, 4) is 11.5 Å². The minimum atomic E-state index is -0.864. The summed E-state index contributed by atoms with van der Waals surface area (Å²) in [5, 5.41) is 12.7. The molecule has 4 aliphatic rings. The van der Waals surface area contributed by atoms with Crippen LogP contribution in [0.3, 0.4) is 0 Å². The van der Waals surface area contributed by atoms with Gasteiger partial charge in [-0.15, -0.1) is 0 Å². The molecule has 0 aliphatic heterocycles. The standard InChI is InChI=1S/C24H23NO4/c1-13-2-6-15(7-3-13)29-16-8-4-14(5-9-16)25-23(26)21-17-10-11-18(20-12-19(17)20)22(21)24(27)28/h2-11,17-22H,12H2,1H3,(H,25,26)(H,27,28)/t17-,18-,19+,20-,21+,22+/m0/s1. The van der Waals surface area contributed by atoms with E-state index in [0.717, 1.165) is 12.2 Å². The van der Waals surface area contributed by atoms with E-state index in [1.165, 1.54) is 5.56 Å². The number of allylic oxidation sites excluding steroid dienone is 2. The summed E-state index contributed by atoms with van der Waals surface area (Å²) in [5.74, 6) is 0.184. The average Bonchev–Trinajstić information content (AvgIpc) is 3.53. The molecular weight excluding hydrogens is 366 g/mol. The first-order chi connectivity index (χ1) is 14.0. The van der Waals surface area contributed by atoms with Crippen LogP contribution in [0.2, 0.25) is 0 Å². The maximum Gasteiger partial charge on any atom is 0.307 e. The molecule has 0 heterocycles. The van der Waals surface area contributed by atoms with Gasteiger partial charge >= 0.3 is 5.97 Å². The highest BCUT2D eigenvalue weighted by molar-refractivity contribution is 5.96. The molecule has 148 valence electrons. The number of carboxylic acid groups (broad SMARTS) is 1. The van der Waals surface area contributed by atoms with Gasteiger partial charge in [0.2, 0.25) is 5.91 Å². The summed E-state index contributed by atoms with van der Waals surface area (Å²) in [7, 11) is 0. The molecule has 0 radical (unpaired) electrons. The molecule has 1 amide bonds. The van der Waals surface area contributed by atoms with E-state index >= 15 is 0 Å². The fourth-order valence-electron chi connectivity index (χ4n) is 5.14.